The molecule has 0 unspecified atom stereocenters. The molecule has 3 nitrogen and oxygen atoms in total. The van der Waals surface area contributed by atoms with Gasteiger partial charge in [-0.15, -0.1) is 0 Å². The summed E-state index contributed by atoms with van der Waals surface area (Å²) in [5, 5.41) is 5.34. The fourth-order valence-electron chi connectivity index (χ4n) is 1.09. The number of allylic oxidation sites excluding steroid dienone is 2. The summed E-state index contributed by atoms with van der Waals surface area (Å²) in [6, 6.07) is 9.74. The second-order valence-electron chi connectivity index (χ2n) is 2.98. The molecule has 0 heterocycles. The van der Waals surface area contributed by atoms with Crippen LogP contribution in [0, 0.1) is 0 Å². The highest BCUT2D eigenvalue weighted by atomic mass is 16.1. The molecule has 0 fully saturated rings. The van der Waals surface area contributed by atoms with Crippen LogP contribution in [-0.4, -0.2) is 17.6 Å². The smallest absolute Gasteiger partial charge is 0.230 e. The van der Waals surface area contributed by atoms with Gasteiger partial charge in [-0.1, -0.05) is 36.4 Å². The standard InChI is InChI=1S/C12H14N2O/c1-2-3-9-13-14(11-15)10-12-7-5-4-6-8-12/h2-9,11H,10H2,1H3/b3-2+,13-9+. The van der Waals surface area contributed by atoms with Gasteiger partial charge in [-0.3, -0.25) is 4.79 Å². The van der Waals surface area contributed by atoms with Crippen molar-refractivity contribution in [3.8, 4) is 0 Å². The summed E-state index contributed by atoms with van der Waals surface area (Å²) in [5.41, 5.74) is 1.06. The summed E-state index contributed by atoms with van der Waals surface area (Å²) in [6.45, 7) is 2.40. The number of hydrogen-bond acceptors (Lipinski definition) is 2. The number of benzene rings is 1. The molecule has 1 aromatic rings. The van der Waals surface area contributed by atoms with Gasteiger partial charge in [0.05, 0.1) is 6.54 Å². The zero-order chi connectivity index (χ0) is 10.9. The maximum Gasteiger partial charge on any atom is 0.230 e. The van der Waals surface area contributed by atoms with E-state index in [-0.39, 0.29) is 0 Å². The Kier molecular flexibility index (Phi) is 4.87. The molecule has 3 heteroatoms. The molecule has 0 N–H and O–H groups in total. The van der Waals surface area contributed by atoms with E-state index in [4.69, 9.17) is 0 Å². The van der Waals surface area contributed by atoms with Crippen molar-refractivity contribution < 1.29 is 4.79 Å². The monoisotopic (exact) mass is 202 g/mol. The maximum atomic E-state index is 10.7. The second-order valence-corrected chi connectivity index (χ2v) is 2.98. The van der Waals surface area contributed by atoms with E-state index in [1.807, 2.05) is 43.3 Å². The Morgan fingerprint density at radius 1 is 1.33 bits per heavy atom. The molecule has 0 aliphatic carbocycles. The first-order valence-corrected chi connectivity index (χ1v) is 4.78. The fraction of sp³-hybridized carbons (Fsp3) is 0.167. The van der Waals surface area contributed by atoms with Gasteiger partial charge in [0, 0.05) is 6.21 Å². The molecule has 0 aliphatic heterocycles. The van der Waals surface area contributed by atoms with E-state index in [0.29, 0.717) is 13.0 Å². The van der Waals surface area contributed by atoms with Gasteiger partial charge in [0.25, 0.3) is 0 Å². The molecule has 1 rings (SSSR count). The number of amides is 1. The fourth-order valence-corrected chi connectivity index (χ4v) is 1.09. The number of rotatable bonds is 5. The van der Waals surface area contributed by atoms with Crippen LogP contribution in [0.3, 0.4) is 0 Å². The van der Waals surface area contributed by atoms with Crippen LogP contribution in [0.25, 0.3) is 0 Å². The quantitative estimate of drug-likeness (QED) is 0.409. The Balaban J connectivity index is 2.58. The first-order chi connectivity index (χ1) is 7.36. The van der Waals surface area contributed by atoms with Crippen LogP contribution in [-0.2, 0) is 11.3 Å². The average molecular weight is 202 g/mol. The van der Waals surface area contributed by atoms with E-state index in [0.717, 1.165) is 5.56 Å². The Hall–Kier alpha value is -1.90. The van der Waals surface area contributed by atoms with E-state index in [1.165, 1.54) is 5.01 Å². The molecule has 1 aromatic carbocycles. The molecule has 15 heavy (non-hydrogen) atoms. The molecule has 1 amide bonds. The maximum absolute atomic E-state index is 10.7. The lowest BCUT2D eigenvalue weighted by Crippen LogP contribution is -2.14. The lowest BCUT2D eigenvalue weighted by molar-refractivity contribution is -0.118. The molecule has 0 radical (unpaired) electrons. The van der Waals surface area contributed by atoms with Gasteiger partial charge in [0.15, 0.2) is 0 Å². The van der Waals surface area contributed by atoms with Crippen molar-refractivity contribution in [3.05, 3.63) is 48.0 Å². The van der Waals surface area contributed by atoms with Crippen molar-refractivity contribution in [2.75, 3.05) is 0 Å². The van der Waals surface area contributed by atoms with Crippen LogP contribution >= 0.6 is 0 Å². The Bertz CT molecular complexity index is 344. The molecule has 78 valence electrons. The van der Waals surface area contributed by atoms with Crippen molar-refractivity contribution in [3.63, 3.8) is 0 Å². The van der Waals surface area contributed by atoms with Gasteiger partial charge in [-0.2, -0.15) is 5.10 Å². The average Bonchev–Trinajstić information content (AvgIpc) is 2.29. The van der Waals surface area contributed by atoms with Crippen LogP contribution in [0.15, 0.2) is 47.6 Å². The first kappa shape index (κ1) is 11.2. The van der Waals surface area contributed by atoms with Crippen LogP contribution in [0.2, 0.25) is 0 Å². The Morgan fingerprint density at radius 2 is 2.07 bits per heavy atom. The number of hydrogen-bond donors (Lipinski definition) is 0. The van der Waals surface area contributed by atoms with Crippen molar-refractivity contribution in [1.82, 2.24) is 5.01 Å². The molecule has 0 bridgehead atoms. The second kappa shape index (κ2) is 6.54. The zero-order valence-electron chi connectivity index (χ0n) is 8.71. The molecule has 0 aromatic heterocycles. The highest BCUT2D eigenvalue weighted by Crippen LogP contribution is 2.02. The summed E-state index contributed by atoms with van der Waals surface area (Å²) < 4.78 is 0. The van der Waals surface area contributed by atoms with Crippen molar-refractivity contribution >= 4 is 12.6 Å². The van der Waals surface area contributed by atoms with E-state index >= 15 is 0 Å². The van der Waals surface area contributed by atoms with Crippen molar-refractivity contribution in [2.45, 2.75) is 13.5 Å². The van der Waals surface area contributed by atoms with Crippen LogP contribution < -0.4 is 0 Å². The SMILES string of the molecule is C/C=C/C=N/N(C=O)Cc1ccccc1. The lowest BCUT2D eigenvalue weighted by Gasteiger charge is -2.09. The number of carbonyl (C=O) groups is 1. The minimum absolute atomic E-state index is 0.498. The number of nitrogens with zero attached hydrogens (tertiary/aromatic N) is 2. The van der Waals surface area contributed by atoms with E-state index in [2.05, 4.69) is 5.10 Å². The summed E-state index contributed by atoms with van der Waals surface area (Å²) >= 11 is 0. The van der Waals surface area contributed by atoms with Crippen LogP contribution in [0.1, 0.15) is 12.5 Å². The normalized spacial score (nSPS) is 11.0. The first-order valence-electron chi connectivity index (χ1n) is 4.78. The van der Waals surface area contributed by atoms with E-state index < -0.39 is 0 Å². The largest absolute Gasteiger partial charge is 0.277 e. The third-order valence-corrected chi connectivity index (χ3v) is 1.80. The minimum atomic E-state index is 0.498. The summed E-state index contributed by atoms with van der Waals surface area (Å²) in [7, 11) is 0. The Morgan fingerprint density at radius 3 is 2.67 bits per heavy atom. The van der Waals surface area contributed by atoms with Gasteiger partial charge in [0.1, 0.15) is 0 Å². The van der Waals surface area contributed by atoms with Gasteiger partial charge in [-0.05, 0) is 18.6 Å². The molecule has 0 atom stereocenters. The molecule has 0 saturated carbocycles. The van der Waals surface area contributed by atoms with E-state index in [9.17, 15) is 4.79 Å². The van der Waals surface area contributed by atoms with Crippen LogP contribution in [0.4, 0.5) is 0 Å². The van der Waals surface area contributed by atoms with E-state index in [1.54, 1.807) is 12.3 Å². The van der Waals surface area contributed by atoms with Crippen LogP contribution in [0.5, 0.6) is 0 Å². The highest BCUT2D eigenvalue weighted by Gasteiger charge is 1.98. The van der Waals surface area contributed by atoms with Gasteiger partial charge in [-0.25, -0.2) is 5.01 Å². The number of carbonyl (C=O) groups excluding carboxylic acids is 1. The lowest BCUT2D eigenvalue weighted by atomic mass is 10.2. The molecular formula is C12H14N2O. The van der Waals surface area contributed by atoms with Gasteiger partial charge >= 0.3 is 0 Å². The molecule has 0 aliphatic rings. The summed E-state index contributed by atoms with van der Waals surface area (Å²) in [5.74, 6) is 0. The van der Waals surface area contributed by atoms with Gasteiger partial charge < -0.3 is 0 Å². The molecule has 0 saturated heterocycles. The van der Waals surface area contributed by atoms with Crippen molar-refractivity contribution in [2.24, 2.45) is 5.10 Å². The third-order valence-electron chi connectivity index (χ3n) is 1.80. The minimum Gasteiger partial charge on any atom is -0.277 e. The predicted molar refractivity (Wildman–Crippen MR) is 61.4 cm³/mol. The molecular weight excluding hydrogens is 188 g/mol. The molecule has 0 spiro atoms. The highest BCUT2D eigenvalue weighted by molar-refractivity contribution is 5.71. The Labute approximate surface area is 89.7 Å². The summed E-state index contributed by atoms with van der Waals surface area (Å²) in [6.07, 6.45) is 5.95. The van der Waals surface area contributed by atoms with Crippen molar-refractivity contribution in [1.29, 1.82) is 0 Å². The number of hydrazone groups is 1. The topological polar surface area (TPSA) is 32.7 Å². The van der Waals surface area contributed by atoms with Gasteiger partial charge in [0.2, 0.25) is 6.41 Å². The summed E-state index contributed by atoms with van der Waals surface area (Å²) in [4.78, 5) is 10.7. The predicted octanol–water partition coefficient (Wildman–Crippen LogP) is 2.21. The zero-order valence-corrected chi connectivity index (χ0v) is 8.71. The third kappa shape index (κ3) is 4.22.